The maximum Gasteiger partial charge on any atom is 0.272 e. The summed E-state index contributed by atoms with van der Waals surface area (Å²) in [5.74, 6) is 0.00705. The van der Waals surface area contributed by atoms with Crippen LogP contribution in [0.4, 0.5) is 0 Å². The molecule has 0 bridgehead atoms. The van der Waals surface area contributed by atoms with Crippen molar-refractivity contribution in [2.24, 2.45) is 0 Å². The molecule has 2 aromatic heterocycles. The molecule has 1 amide bonds. The van der Waals surface area contributed by atoms with Crippen molar-refractivity contribution in [3.63, 3.8) is 0 Å². The second-order valence-corrected chi connectivity index (χ2v) is 6.87. The Morgan fingerprint density at radius 1 is 1.30 bits per heavy atom. The zero-order valence-electron chi connectivity index (χ0n) is 16.2. The Morgan fingerprint density at radius 3 is 2.74 bits per heavy atom. The van der Waals surface area contributed by atoms with Gasteiger partial charge in [0.2, 0.25) is 0 Å². The lowest BCUT2D eigenvalue weighted by atomic mass is 10.0. The summed E-state index contributed by atoms with van der Waals surface area (Å²) in [6.45, 7) is 7.20. The number of hydrogen-bond donors (Lipinski definition) is 1. The summed E-state index contributed by atoms with van der Waals surface area (Å²) in [5.41, 5.74) is 3.71. The van der Waals surface area contributed by atoms with Crippen LogP contribution >= 0.6 is 0 Å². The highest BCUT2D eigenvalue weighted by Gasteiger charge is 2.25. The predicted octanol–water partition coefficient (Wildman–Crippen LogP) is 3.60. The lowest BCUT2D eigenvalue weighted by molar-refractivity contribution is 0.0652. The van der Waals surface area contributed by atoms with Crippen LogP contribution in [0.5, 0.6) is 0 Å². The summed E-state index contributed by atoms with van der Waals surface area (Å²) in [6, 6.07) is 12.3. The topological polar surface area (TPSA) is 66.8 Å². The fourth-order valence-corrected chi connectivity index (χ4v) is 3.26. The fraction of sp³-hybridized carbons (Fsp3) is 0.381. The first-order valence-electron chi connectivity index (χ1n) is 9.45. The van der Waals surface area contributed by atoms with Crippen LogP contribution in [0.2, 0.25) is 0 Å². The molecule has 0 spiro atoms. The average Bonchev–Trinajstić information content (AvgIpc) is 3.33. The van der Waals surface area contributed by atoms with Crippen LogP contribution in [0.25, 0.3) is 0 Å². The Morgan fingerprint density at radius 2 is 2.07 bits per heavy atom. The number of nitrogens with one attached hydrogen (secondary N) is 1. The minimum absolute atomic E-state index is 0.00705. The van der Waals surface area contributed by atoms with Crippen LogP contribution in [-0.2, 0) is 19.5 Å². The van der Waals surface area contributed by atoms with Crippen molar-refractivity contribution in [2.45, 2.75) is 52.7 Å². The number of aromatic amines is 1. The first-order chi connectivity index (χ1) is 13.1. The summed E-state index contributed by atoms with van der Waals surface area (Å²) in [7, 11) is 0. The number of nitrogens with zero attached hydrogens (tertiary/aromatic N) is 4. The van der Waals surface area contributed by atoms with Crippen LogP contribution in [0.3, 0.4) is 0 Å². The van der Waals surface area contributed by atoms with Gasteiger partial charge in [0.15, 0.2) is 0 Å². The first kappa shape index (κ1) is 18.9. The Kier molecular flexibility index (Phi) is 6.06. The Balaban J connectivity index is 1.80. The number of amides is 1. The maximum absolute atomic E-state index is 13.3. The van der Waals surface area contributed by atoms with E-state index in [2.05, 4.69) is 46.3 Å². The third-order valence-corrected chi connectivity index (χ3v) is 4.80. The SMILES string of the molecule is CCn1nc(C)cc1C(=O)N(Cc1cnc[nH]1)C(C)CCc1ccccc1. The molecule has 0 aliphatic rings. The zero-order valence-corrected chi connectivity index (χ0v) is 16.2. The number of H-pyrrole nitrogens is 1. The van der Waals surface area contributed by atoms with Gasteiger partial charge in [0.25, 0.3) is 5.91 Å². The van der Waals surface area contributed by atoms with Gasteiger partial charge in [0.05, 0.1) is 24.3 Å². The Labute approximate surface area is 160 Å². The van der Waals surface area contributed by atoms with Crippen LogP contribution in [0.1, 0.15) is 47.7 Å². The zero-order chi connectivity index (χ0) is 19.2. The molecule has 142 valence electrons. The highest BCUT2D eigenvalue weighted by Crippen LogP contribution is 2.17. The molecule has 0 saturated heterocycles. The van der Waals surface area contributed by atoms with Gasteiger partial charge in [-0.1, -0.05) is 30.3 Å². The van der Waals surface area contributed by atoms with E-state index < -0.39 is 0 Å². The molecule has 6 nitrogen and oxygen atoms in total. The highest BCUT2D eigenvalue weighted by molar-refractivity contribution is 5.93. The molecule has 2 heterocycles. The molecule has 1 aromatic carbocycles. The fourth-order valence-electron chi connectivity index (χ4n) is 3.26. The summed E-state index contributed by atoms with van der Waals surface area (Å²) in [4.78, 5) is 22.5. The normalized spacial score (nSPS) is 12.1. The number of rotatable bonds is 8. The molecular weight excluding hydrogens is 338 g/mol. The summed E-state index contributed by atoms with van der Waals surface area (Å²) in [5, 5.41) is 4.43. The van der Waals surface area contributed by atoms with E-state index in [4.69, 9.17) is 0 Å². The lowest BCUT2D eigenvalue weighted by Crippen LogP contribution is -2.39. The second kappa shape index (κ2) is 8.66. The van der Waals surface area contributed by atoms with Gasteiger partial charge >= 0.3 is 0 Å². The molecular formula is C21H27N5O. The van der Waals surface area contributed by atoms with Crippen LogP contribution in [0, 0.1) is 6.92 Å². The third-order valence-electron chi connectivity index (χ3n) is 4.80. The van der Waals surface area contributed by atoms with E-state index in [1.54, 1.807) is 17.2 Å². The van der Waals surface area contributed by atoms with E-state index in [0.717, 1.165) is 24.2 Å². The van der Waals surface area contributed by atoms with E-state index in [1.165, 1.54) is 5.56 Å². The number of hydrogen-bond acceptors (Lipinski definition) is 3. The van der Waals surface area contributed by atoms with Crippen molar-refractivity contribution < 1.29 is 4.79 Å². The number of benzene rings is 1. The van der Waals surface area contributed by atoms with Gasteiger partial charge in [-0.25, -0.2) is 4.98 Å². The molecule has 1 N–H and O–H groups in total. The average molecular weight is 365 g/mol. The molecule has 1 atom stereocenters. The number of imidazole rings is 1. The molecule has 0 saturated carbocycles. The van der Waals surface area contributed by atoms with E-state index in [0.29, 0.717) is 18.8 Å². The van der Waals surface area contributed by atoms with Crippen LogP contribution < -0.4 is 0 Å². The largest absolute Gasteiger partial charge is 0.347 e. The minimum atomic E-state index is 0.00705. The van der Waals surface area contributed by atoms with E-state index in [9.17, 15) is 4.79 Å². The van der Waals surface area contributed by atoms with Gasteiger partial charge < -0.3 is 9.88 Å². The molecule has 3 rings (SSSR count). The van der Waals surface area contributed by atoms with Gasteiger partial charge in [-0.05, 0) is 45.2 Å². The van der Waals surface area contributed by atoms with Crippen molar-refractivity contribution in [3.05, 3.63) is 71.6 Å². The second-order valence-electron chi connectivity index (χ2n) is 6.87. The summed E-state index contributed by atoms with van der Waals surface area (Å²) >= 11 is 0. The monoisotopic (exact) mass is 365 g/mol. The number of aryl methyl sites for hydroxylation is 3. The molecule has 0 aliphatic heterocycles. The molecule has 27 heavy (non-hydrogen) atoms. The summed E-state index contributed by atoms with van der Waals surface area (Å²) in [6.07, 6.45) is 5.24. The molecule has 1 unspecified atom stereocenters. The predicted molar refractivity (Wildman–Crippen MR) is 105 cm³/mol. The number of aromatic nitrogens is 4. The van der Waals surface area contributed by atoms with Gasteiger partial charge in [-0.2, -0.15) is 5.10 Å². The quantitative estimate of drug-likeness (QED) is 0.663. The highest BCUT2D eigenvalue weighted by atomic mass is 16.2. The van der Waals surface area contributed by atoms with E-state index >= 15 is 0 Å². The number of carbonyl (C=O) groups excluding carboxylic acids is 1. The van der Waals surface area contributed by atoms with Crippen molar-refractivity contribution >= 4 is 5.91 Å². The lowest BCUT2D eigenvalue weighted by Gasteiger charge is -2.29. The smallest absolute Gasteiger partial charge is 0.272 e. The van der Waals surface area contributed by atoms with Crippen molar-refractivity contribution in [1.82, 2.24) is 24.6 Å². The molecule has 3 aromatic rings. The molecule has 6 heteroatoms. The molecule has 0 fully saturated rings. The Bertz CT molecular complexity index is 854. The summed E-state index contributed by atoms with van der Waals surface area (Å²) < 4.78 is 1.78. The molecule has 0 aliphatic carbocycles. The maximum atomic E-state index is 13.3. The van der Waals surface area contributed by atoms with Gasteiger partial charge in [-0.15, -0.1) is 0 Å². The van der Waals surface area contributed by atoms with Crippen molar-refractivity contribution in [1.29, 1.82) is 0 Å². The van der Waals surface area contributed by atoms with Crippen LogP contribution in [-0.4, -0.2) is 36.6 Å². The van der Waals surface area contributed by atoms with Gasteiger partial charge in [-0.3, -0.25) is 9.48 Å². The van der Waals surface area contributed by atoms with E-state index in [-0.39, 0.29) is 11.9 Å². The van der Waals surface area contributed by atoms with Gasteiger partial charge in [0.1, 0.15) is 5.69 Å². The third kappa shape index (κ3) is 4.64. The van der Waals surface area contributed by atoms with Crippen LogP contribution in [0.15, 0.2) is 48.9 Å². The van der Waals surface area contributed by atoms with Crippen molar-refractivity contribution in [3.8, 4) is 0 Å². The Hall–Kier alpha value is -2.89. The standard InChI is InChI=1S/C21H27N5O/c1-4-26-20(12-16(2)24-26)21(27)25(14-19-13-22-15-23-19)17(3)10-11-18-8-6-5-7-9-18/h5-9,12-13,15,17H,4,10-11,14H2,1-3H3,(H,22,23). The van der Waals surface area contributed by atoms with E-state index in [1.807, 2.05) is 30.9 Å². The minimum Gasteiger partial charge on any atom is -0.347 e. The van der Waals surface area contributed by atoms with Gasteiger partial charge in [0, 0.05) is 18.8 Å². The first-order valence-corrected chi connectivity index (χ1v) is 9.45. The van der Waals surface area contributed by atoms with Crippen molar-refractivity contribution in [2.75, 3.05) is 0 Å². The number of carbonyl (C=O) groups is 1. The molecule has 0 radical (unpaired) electrons.